The average molecular weight is 319 g/mol. The molecule has 2 nitrogen and oxygen atoms in total. The second kappa shape index (κ2) is 7.07. The molecule has 0 heterocycles. The molecule has 3 heteroatoms. The normalized spacial score (nSPS) is 10.1. The van der Waals surface area contributed by atoms with E-state index in [4.69, 9.17) is 17.0 Å². The molecule has 0 bridgehead atoms. The van der Waals surface area contributed by atoms with Crippen molar-refractivity contribution in [1.82, 2.24) is 0 Å². The molecule has 23 heavy (non-hydrogen) atoms. The summed E-state index contributed by atoms with van der Waals surface area (Å²) in [7, 11) is 1.66. The SMILES string of the molecule is COc1ccccc1C(=S)N(c1ccccc1)c1ccccc1. The maximum atomic E-state index is 5.81. The second-order valence-electron chi connectivity index (χ2n) is 5.01. The van der Waals surface area contributed by atoms with E-state index in [0.717, 1.165) is 22.7 Å². The van der Waals surface area contributed by atoms with Gasteiger partial charge in [-0.3, -0.25) is 0 Å². The van der Waals surface area contributed by atoms with Crippen molar-refractivity contribution in [3.05, 3.63) is 90.5 Å². The van der Waals surface area contributed by atoms with Crippen LogP contribution in [0.4, 0.5) is 11.4 Å². The fraction of sp³-hybridized carbons (Fsp3) is 0.0500. The molecule has 0 saturated carbocycles. The van der Waals surface area contributed by atoms with Gasteiger partial charge in [-0.15, -0.1) is 0 Å². The van der Waals surface area contributed by atoms with Crippen LogP contribution in [-0.4, -0.2) is 12.1 Å². The Labute approximate surface area is 142 Å². The van der Waals surface area contributed by atoms with Gasteiger partial charge in [0.25, 0.3) is 0 Å². The zero-order chi connectivity index (χ0) is 16.1. The molecule has 0 saturated heterocycles. The van der Waals surface area contributed by atoms with Gasteiger partial charge in [0.05, 0.1) is 12.7 Å². The Bertz CT molecular complexity index is 748. The van der Waals surface area contributed by atoms with Crippen molar-refractivity contribution in [2.75, 3.05) is 12.0 Å². The highest BCUT2D eigenvalue weighted by atomic mass is 32.1. The highest BCUT2D eigenvalue weighted by Crippen LogP contribution is 2.30. The Morgan fingerprint density at radius 2 is 1.22 bits per heavy atom. The van der Waals surface area contributed by atoms with Crippen LogP contribution in [0.15, 0.2) is 84.9 Å². The predicted molar refractivity (Wildman–Crippen MR) is 99.7 cm³/mol. The summed E-state index contributed by atoms with van der Waals surface area (Å²) in [6.07, 6.45) is 0. The predicted octanol–water partition coefficient (Wildman–Crippen LogP) is 5.21. The monoisotopic (exact) mass is 319 g/mol. The van der Waals surface area contributed by atoms with Gasteiger partial charge in [-0.05, 0) is 36.4 Å². The number of methoxy groups -OCH3 is 1. The van der Waals surface area contributed by atoms with Gasteiger partial charge in [-0.25, -0.2) is 0 Å². The van der Waals surface area contributed by atoms with E-state index in [1.54, 1.807) is 7.11 Å². The van der Waals surface area contributed by atoms with Crippen molar-refractivity contribution in [2.45, 2.75) is 0 Å². The van der Waals surface area contributed by atoms with Crippen LogP contribution >= 0.6 is 12.2 Å². The molecule has 3 rings (SSSR count). The Kier molecular flexibility index (Phi) is 4.69. The van der Waals surface area contributed by atoms with Gasteiger partial charge in [0.1, 0.15) is 10.7 Å². The number of benzene rings is 3. The highest BCUT2D eigenvalue weighted by Gasteiger charge is 2.18. The topological polar surface area (TPSA) is 12.5 Å². The third-order valence-electron chi connectivity index (χ3n) is 3.57. The van der Waals surface area contributed by atoms with E-state index >= 15 is 0 Å². The number of thiocarbonyl (C=S) groups is 1. The molecule has 0 spiro atoms. The largest absolute Gasteiger partial charge is 0.496 e. The van der Waals surface area contributed by atoms with Crippen LogP contribution in [0.2, 0.25) is 0 Å². The van der Waals surface area contributed by atoms with Crippen LogP contribution < -0.4 is 9.64 Å². The van der Waals surface area contributed by atoms with Crippen LogP contribution in [0.5, 0.6) is 5.75 Å². The molecule has 0 unspecified atom stereocenters. The maximum absolute atomic E-state index is 5.81. The number of nitrogens with zero attached hydrogens (tertiary/aromatic N) is 1. The van der Waals surface area contributed by atoms with Crippen molar-refractivity contribution in [3.63, 3.8) is 0 Å². The van der Waals surface area contributed by atoms with Gasteiger partial charge in [0.15, 0.2) is 0 Å². The summed E-state index contributed by atoms with van der Waals surface area (Å²) in [5.74, 6) is 0.773. The van der Waals surface area contributed by atoms with E-state index in [1.165, 1.54) is 0 Å². The summed E-state index contributed by atoms with van der Waals surface area (Å²) in [4.78, 5) is 2.77. The third-order valence-corrected chi connectivity index (χ3v) is 3.97. The highest BCUT2D eigenvalue weighted by molar-refractivity contribution is 7.81. The lowest BCUT2D eigenvalue weighted by atomic mass is 10.1. The average Bonchev–Trinajstić information content (AvgIpc) is 2.63. The summed E-state index contributed by atoms with van der Waals surface area (Å²) in [5.41, 5.74) is 2.95. The number of rotatable bonds is 4. The summed E-state index contributed by atoms with van der Waals surface area (Å²) in [6, 6.07) is 28.1. The Morgan fingerprint density at radius 1 is 0.739 bits per heavy atom. The molecule has 0 atom stereocenters. The zero-order valence-electron chi connectivity index (χ0n) is 12.8. The van der Waals surface area contributed by atoms with E-state index in [9.17, 15) is 0 Å². The molecule has 0 aromatic heterocycles. The summed E-state index contributed by atoms with van der Waals surface area (Å²) < 4.78 is 5.47. The van der Waals surface area contributed by atoms with Gasteiger partial charge in [-0.1, -0.05) is 60.7 Å². The fourth-order valence-electron chi connectivity index (χ4n) is 2.48. The van der Waals surface area contributed by atoms with Crippen molar-refractivity contribution in [1.29, 1.82) is 0 Å². The smallest absolute Gasteiger partial charge is 0.129 e. The van der Waals surface area contributed by atoms with Crippen molar-refractivity contribution in [3.8, 4) is 5.75 Å². The first-order valence-corrected chi connectivity index (χ1v) is 7.79. The van der Waals surface area contributed by atoms with Gasteiger partial charge in [-0.2, -0.15) is 0 Å². The molecule has 0 radical (unpaired) electrons. The summed E-state index contributed by atoms with van der Waals surface area (Å²) in [6.45, 7) is 0. The molecule has 0 aliphatic carbocycles. The van der Waals surface area contributed by atoms with Crippen LogP contribution in [0.25, 0.3) is 0 Å². The van der Waals surface area contributed by atoms with Crippen molar-refractivity contribution < 1.29 is 4.74 Å². The van der Waals surface area contributed by atoms with E-state index in [1.807, 2.05) is 60.7 Å². The van der Waals surface area contributed by atoms with Crippen LogP contribution in [0.3, 0.4) is 0 Å². The first kappa shape index (κ1) is 15.3. The Balaban J connectivity index is 2.11. The molecule has 0 aliphatic rings. The number of anilines is 2. The van der Waals surface area contributed by atoms with Crippen LogP contribution in [0, 0.1) is 0 Å². The molecule has 0 fully saturated rings. The molecule has 0 N–H and O–H groups in total. The van der Waals surface area contributed by atoms with Gasteiger partial charge < -0.3 is 9.64 Å². The maximum Gasteiger partial charge on any atom is 0.129 e. The van der Waals surface area contributed by atoms with Gasteiger partial charge in [0.2, 0.25) is 0 Å². The number of ether oxygens (including phenoxy) is 1. The molecular formula is C20H17NOS. The van der Waals surface area contributed by atoms with Gasteiger partial charge >= 0.3 is 0 Å². The first-order chi connectivity index (χ1) is 11.3. The molecule has 3 aromatic carbocycles. The fourth-order valence-corrected chi connectivity index (χ4v) is 2.86. The minimum atomic E-state index is 0.708. The second-order valence-corrected chi connectivity index (χ2v) is 5.40. The Hall–Kier alpha value is -2.65. The Morgan fingerprint density at radius 3 is 1.74 bits per heavy atom. The number of para-hydroxylation sites is 3. The summed E-state index contributed by atoms with van der Waals surface area (Å²) in [5, 5.41) is 0. The number of hydrogen-bond donors (Lipinski definition) is 0. The summed E-state index contributed by atoms with van der Waals surface area (Å²) >= 11 is 5.81. The molecular weight excluding hydrogens is 302 g/mol. The van der Waals surface area contributed by atoms with Crippen LogP contribution in [0.1, 0.15) is 5.56 Å². The van der Waals surface area contributed by atoms with E-state index in [0.29, 0.717) is 4.99 Å². The standard InChI is InChI=1S/C20H17NOS/c1-22-19-15-9-8-14-18(19)20(23)21(16-10-4-2-5-11-16)17-12-6-3-7-13-17/h2-15H,1H3. The van der Waals surface area contributed by atoms with Crippen molar-refractivity contribution in [2.24, 2.45) is 0 Å². The number of hydrogen-bond acceptors (Lipinski definition) is 2. The molecule has 114 valence electrons. The quantitative estimate of drug-likeness (QED) is 0.613. The lowest BCUT2D eigenvalue weighted by Gasteiger charge is -2.26. The van der Waals surface area contributed by atoms with E-state index in [2.05, 4.69) is 29.2 Å². The van der Waals surface area contributed by atoms with E-state index < -0.39 is 0 Å². The molecule has 0 amide bonds. The minimum Gasteiger partial charge on any atom is -0.496 e. The van der Waals surface area contributed by atoms with Crippen LogP contribution in [-0.2, 0) is 0 Å². The minimum absolute atomic E-state index is 0.708. The third kappa shape index (κ3) is 3.25. The van der Waals surface area contributed by atoms with Gasteiger partial charge in [0, 0.05) is 11.4 Å². The van der Waals surface area contributed by atoms with E-state index in [-0.39, 0.29) is 0 Å². The molecule has 0 aliphatic heterocycles. The first-order valence-electron chi connectivity index (χ1n) is 7.39. The lowest BCUT2D eigenvalue weighted by molar-refractivity contribution is 0.414. The lowest BCUT2D eigenvalue weighted by Crippen LogP contribution is -2.25. The molecule has 3 aromatic rings. The van der Waals surface area contributed by atoms with Crippen molar-refractivity contribution >= 4 is 28.6 Å². The zero-order valence-corrected chi connectivity index (χ0v) is 13.7.